The van der Waals surface area contributed by atoms with Crippen LogP contribution in [0.5, 0.6) is 0 Å². The molecule has 0 aromatic heterocycles. The molecule has 0 radical (unpaired) electrons. The minimum atomic E-state index is -4.17. The fourth-order valence-corrected chi connectivity index (χ4v) is 5.54. The van der Waals surface area contributed by atoms with Gasteiger partial charge < -0.3 is 15.4 Å². The number of hydrogen-bond donors (Lipinski definition) is 1. The highest BCUT2D eigenvalue weighted by Gasteiger charge is 2.47. The molecule has 33 heavy (non-hydrogen) atoms. The first kappa shape index (κ1) is 24.0. The lowest BCUT2D eigenvalue weighted by atomic mass is 9.80. The molecule has 0 amide bonds. The molecule has 2 atom stereocenters. The topological polar surface area (TPSA) is 126 Å². The first-order valence-electron chi connectivity index (χ1n) is 10.3. The van der Waals surface area contributed by atoms with Gasteiger partial charge >= 0.3 is 5.97 Å². The summed E-state index contributed by atoms with van der Waals surface area (Å²) < 4.78 is 33.1. The Hall–Kier alpha value is -3.64. The maximum Gasteiger partial charge on any atom is 0.317 e. The number of hydrogen-bond acceptors (Lipinski definition) is 8. The lowest BCUT2D eigenvalue weighted by Crippen LogP contribution is -2.44. The third-order valence-electron chi connectivity index (χ3n) is 5.20. The molecule has 0 fully saturated rings. The SMILES string of the molecule is CC(C)OC(=O)C1C(N(C)C)=NC(N)=C(S(=O)(=O)c2ccccc2)C1c1ccccc1C#N. The Bertz CT molecular complexity index is 1260. The summed E-state index contributed by atoms with van der Waals surface area (Å²) >= 11 is 0. The number of ether oxygens (including phenoxy) is 1. The number of rotatable bonds is 5. The van der Waals surface area contributed by atoms with Crippen molar-refractivity contribution < 1.29 is 17.9 Å². The highest BCUT2D eigenvalue weighted by molar-refractivity contribution is 7.95. The van der Waals surface area contributed by atoms with Gasteiger partial charge in [-0.2, -0.15) is 5.26 Å². The van der Waals surface area contributed by atoms with Gasteiger partial charge in [-0.15, -0.1) is 0 Å². The van der Waals surface area contributed by atoms with E-state index >= 15 is 0 Å². The van der Waals surface area contributed by atoms with Gasteiger partial charge in [0.15, 0.2) is 0 Å². The van der Waals surface area contributed by atoms with Crippen LogP contribution in [0.25, 0.3) is 0 Å². The fraction of sp³-hybridized carbons (Fsp3) is 0.292. The summed E-state index contributed by atoms with van der Waals surface area (Å²) in [6.45, 7) is 3.41. The molecule has 0 aliphatic carbocycles. The van der Waals surface area contributed by atoms with Crippen LogP contribution in [0.2, 0.25) is 0 Å². The molecule has 2 unspecified atom stereocenters. The number of allylic oxidation sites excluding steroid dienone is 1. The lowest BCUT2D eigenvalue weighted by molar-refractivity contribution is -0.150. The Morgan fingerprint density at radius 1 is 1.12 bits per heavy atom. The van der Waals surface area contributed by atoms with Gasteiger partial charge in [-0.25, -0.2) is 13.4 Å². The maximum absolute atomic E-state index is 13.8. The monoisotopic (exact) mass is 466 g/mol. The summed E-state index contributed by atoms with van der Waals surface area (Å²) in [6, 6.07) is 16.5. The molecule has 1 aliphatic rings. The first-order valence-corrected chi connectivity index (χ1v) is 11.8. The summed E-state index contributed by atoms with van der Waals surface area (Å²) in [7, 11) is -0.793. The number of nitrogens with zero attached hydrogens (tertiary/aromatic N) is 3. The lowest BCUT2D eigenvalue weighted by Gasteiger charge is -2.35. The van der Waals surface area contributed by atoms with E-state index in [0.29, 0.717) is 5.56 Å². The van der Waals surface area contributed by atoms with E-state index in [1.54, 1.807) is 75.3 Å². The number of nitrogens with two attached hydrogens (primary N) is 1. The minimum absolute atomic E-state index is 0.0156. The Morgan fingerprint density at radius 2 is 1.73 bits per heavy atom. The van der Waals surface area contributed by atoms with Crippen molar-refractivity contribution in [2.75, 3.05) is 14.1 Å². The van der Waals surface area contributed by atoms with Crippen molar-refractivity contribution in [1.29, 1.82) is 5.26 Å². The zero-order chi connectivity index (χ0) is 24.3. The van der Waals surface area contributed by atoms with Crippen molar-refractivity contribution in [2.24, 2.45) is 16.6 Å². The molecule has 2 N–H and O–H groups in total. The Labute approximate surface area is 193 Å². The number of esters is 1. The second-order valence-corrected chi connectivity index (χ2v) is 9.99. The van der Waals surface area contributed by atoms with Crippen molar-refractivity contribution in [1.82, 2.24) is 4.90 Å². The number of carbonyl (C=O) groups excluding carboxylic acids is 1. The van der Waals surface area contributed by atoms with E-state index in [4.69, 9.17) is 10.5 Å². The highest BCUT2D eigenvalue weighted by Crippen LogP contribution is 2.44. The molecule has 1 aliphatic heterocycles. The summed E-state index contributed by atoms with van der Waals surface area (Å²) in [5.74, 6) is -2.86. The van der Waals surface area contributed by atoms with Gasteiger partial charge in [-0.1, -0.05) is 36.4 Å². The average Bonchev–Trinajstić information content (AvgIpc) is 2.78. The van der Waals surface area contributed by atoms with E-state index in [9.17, 15) is 18.5 Å². The average molecular weight is 467 g/mol. The zero-order valence-corrected chi connectivity index (χ0v) is 19.7. The number of benzene rings is 2. The van der Waals surface area contributed by atoms with E-state index in [-0.39, 0.29) is 27.0 Å². The number of carbonyl (C=O) groups is 1. The number of nitriles is 1. The normalized spacial score (nSPS) is 18.5. The molecule has 2 aromatic rings. The number of aliphatic imine (C=N–C) groups is 1. The maximum atomic E-state index is 13.8. The molecule has 9 heteroatoms. The summed E-state index contributed by atoms with van der Waals surface area (Å²) in [5.41, 5.74) is 6.86. The second-order valence-electron chi connectivity index (χ2n) is 8.07. The molecular weight excluding hydrogens is 440 g/mol. The standard InChI is InChI=1S/C24H26N4O4S/c1-15(2)32-24(29)20-19(18-13-9-8-10-16(18)14-25)21(22(26)27-23(20)28(3)4)33(30,31)17-11-6-5-7-12-17/h5-13,15,19-20H,26H2,1-4H3. The van der Waals surface area contributed by atoms with E-state index < -0.39 is 33.7 Å². The highest BCUT2D eigenvalue weighted by atomic mass is 32.2. The smallest absolute Gasteiger partial charge is 0.317 e. The van der Waals surface area contributed by atoms with Gasteiger partial charge in [0.2, 0.25) is 9.84 Å². The Kier molecular flexibility index (Phi) is 6.89. The van der Waals surface area contributed by atoms with Gasteiger partial charge in [-0.3, -0.25) is 4.79 Å². The van der Waals surface area contributed by atoms with Gasteiger partial charge in [0.25, 0.3) is 0 Å². The molecule has 8 nitrogen and oxygen atoms in total. The molecule has 0 spiro atoms. The van der Waals surface area contributed by atoms with Crippen LogP contribution in [-0.4, -0.2) is 45.3 Å². The number of sulfone groups is 1. The summed E-state index contributed by atoms with van der Waals surface area (Å²) in [5, 5.41) is 9.76. The van der Waals surface area contributed by atoms with Gasteiger partial charge in [0, 0.05) is 20.0 Å². The predicted octanol–water partition coefficient (Wildman–Crippen LogP) is 2.79. The second kappa shape index (κ2) is 9.46. The summed E-state index contributed by atoms with van der Waals surface area (Å²) in [6.07, 6.45) is -0.440. The molecule has 3 rings (SSSR count). The van der Waals surface area contributed by atoms with Gasteiger partial charge in [-0.05, 0) is 37.6 Å². The third kappa shape index (κ3) is 4.61. The molecule has 0 saturated heterocycles. The van der Waals surface area contributed by atoms with E-state index in [0.717, 1.165) is 0 Å². The van der Waals surface area contributed by atoms with Gasteiger partial charge in [0.05, 0.1) is 22.6 Å². The van der Waals surface area contributed by atoms with E-state index in [2.05, 4.69) is 11.1 Å². The molecule has 1 heterocycles. The van der Waals surface area contributed by atoms with Crippen molar-refractivity contribution >= 4 is 21.6 Å². The van der Waals surface area contributed by atoms with Crippen LogP contribution in [0.3, 0.4) is 0 Å². The molecule has 0 bridgehead atoms. The van der Waals surface area contributed by atoms with Crippen LogP contribution in [0.4, 0.5) is 0 Å². The molecular formula is C24H26N4O4S. The van der Waals surface area contributed by atoms with Crippen LogP contribution in [0.15, 0.2) is 75.2 Å². The van der Waals surface area contributed by atoms with Crippen molar-refractivity contribution in [3.8, 4) is 6.07 Å². The van der Waals surface area contributed by atoms with E-state index in [1.807, 2.05) is 0 Å². The van der Waals surface area contributed by atoms with Crippen LogP contribution in [0.1, 0.15) is 30.9 Å². The van der Waals surface area contributed by atoms with Crippen LogP contribution >= 0.6 is 0 Å². The molecule has 0 saturated carbocycles. The Balaban J connectivity index is 2.38. The molecule has 172 valence electrons. The number of amidine groups is 1. The van der Waals surface area contributed by atoms with Crippen LogP contribution in [0, 0.1) is 17.2 Å². The fourth-order valence-electron chi connectivity index (χ4n) is 3.86. The zero-order valence-electron chi connectivity index (χ0n) is 18.9. The predicted molar refractivity (Wildman–Crippen MR) is 125 cm³/mol. The van der Waals surface area contributed by atoms with Crippen molar-refractivity contribution in [2.45, 2.75) is 30.8 Å². The van der Waals surface area contributed by atoms with Crippen molar-refractivity contribution in [3.05, 3.63) is 76.5 Å². The van der Waals surface area contributed by atoms with Crippen LogP contribution in [-0.2, 0) is 19.4 Å². The van der Waals surface area contributed by atoms with Crippen LogP contribution < -0.4 is 5.73 Å². The largest absolute Gasteiger partial charge is 0.462 e. The first-order chi connectivity index (χ1) is 15.6. The third-order valence-corrected chi connectivity index (χ3v) is 7.14. The van der Waals surface area contributed by atoms with E-state index in [1.165, 1.54) is 12.1 Å². The Morgan fingerprint density at radius 3 is 2.30 bits per heavy atom. The molecule has 2 aromatic carbocycles. The quantitative estimate of drug-likeness (QED) is 0.672. The minimum Gasteiger partial charge on any atom is -0.462 e. The van der Waals surface area contributed by atoms with Gasteiger partial charge in [0.1, 0.15) is 22.5 Å². The summed E-state index contributed by atoms with van der Waals surface area (Å²) in [4.78, 5) is 19.1. The van der Waals surface area contributed by atoms with Crippen molar-refractivity contribution in [3.63, 3.8) is 0 Å².